The van der Waals surface area contributed by atoms with Crippen LogP contribution in [0.5, 0.6) is 0 Å². The van der Waals surface area contributed by atoms with Crippen LogP contribution in [0.15, 0.2) is 23.1 Å². The highest BCUT2D eigenvalue weighted by Gasteiger charge is 2.26. The Morgan fingerprint density at radius 1 is 1.33 bits per heavy atom. The number of rotatable bonds is 3. The van der Waals surface area contributed by atoms with Gasteiger partial charge in [-0.15, -0.1) is 0 Å². The maximum absolute atomic E-state index is 12.4. The lowest BCUT2D eigenvalue weighted by atomic mass is 10.1. The Bertz CT molecular complexity index is 638. The van der Waals surface area contributed by atoms with Gasteiger partial charge in [-0.2, -0.15) is 0 Å². The van der Waals surface area contributed by atoms with Crippen molar-refractivity contribution in [3.05, 3.63) is 28.8 Å². The van der Waals surface area contributed by atoms with Crippen LogP contribution in [-0.2, 0) is 14.8 Å². The highest BCUT2D eigenvalue weighted by molar-refractivity contribution is 7.89. The molecule has 1 fully saturated rings. The summed E-state index contributed by atoms with van der Waals surface area (Å²) >= 11 is 5.98. The van der Waals surface area contributed by atoms with Gasteiger partial charge in [0.05, 0.1) is 4.90 Å². The van der Waals surface area contributed by atoms with Crippen LogP contribution in [0.1, 0.15) is 25.3 Å². The molecule has 1 heterocycles. The summed E-state index contributed by atoms with van der Waals surface area (Å²) in [5, 5.41) is 0.435. The molecule has 1 amide bonds. The molecule has 116 valence electrons. The fraction of sp³-hybridized carbons (Fsp3) is 0.500. The fourth-order valence-electron chi connectivity index (χ4n) is 2.47. The quantitative estimate of drug-likeness (QED) is 0.921. The number of amides is 1. The Labute approximate surface area is 130 Å². The summed E-state index contributed by atoms with van der Waals surface area (Å²) in [5.41, 5.74) is 0.549. The fourth-order valence-corrected chi connectivity index (χ4v) is 4.28. The molecule has 1 aliphatic rings. The first-order valence-corrected chi connectivity index (χ1v) is 8.70. The second kappa shape index (κ2) is 6.34. The standard InChI is InChI=1S/C14H19ClN2O3S/c1-10-13(15)4-3-5-14(10)21(19,20)16-12-6-8-17(9-7-12)11(2)18/h3-5,12,16H,6-9H2,1-2H3. The van der Waals surface area contributed by atoms with Gasteiger partial charge in [0.25, 0.3) is 0 Å². The van der Waals surface area contributed by atoms with Gasteiger partial charge in [-0.1, -0.05) is 17.7 Å². The molecule has 5 nitrogen and oxygen atoms in total. The van der Waals surface area contributed by atoms with Crippen molar-refractivity contribution in [2.75, 3.05) is 13.1 Å². The Kier molecular flexibility index (Phi) is 4.91. The summed E-state index contributed by atoms with van der Waals surface area (Å²) in [5.74, 6) is 0.0296. The molecular weight excluding hydrogens is 312 g/mol. The van der Waals surface area contributed by atoms with Crippen LogP contribution < -0.4 is 4.72 Å². The second-order valence-corrected chi connectivity index (χ2v) is 7.35. The van der Waals surface area contributed by atoms with Gasteiger partial charge in [-0.05, 0) is 37.5 Å². The molecule has 0 saturated carbocycles. The number of hydrogen-bond acceptors (Lipinski definition) is 3. The lowest BCUT2D eigenvalue weighted by molar-refractivity contribution is -0.129. The van der Waals surface area contributed by atoms with Gasteiger partial charge < -0.3 is 4.90 Å². The van der Waals surface area contributed by atoms with Crippen LogP contribution in [0.2, 0.25) is 5.02 Å². The molecule has 1 N–H and O–H groups in total. The Hall–Kier alpha value is -1.11. The third kappa shape index (κ3) is 3.75. The normalized spacial score (nSPS) is 17.0. The van der Waals surface area contributed by atoms with E-state index in [9.17, 15) is 13.2 Å². The van der Waals surface area contributed by atoms with Crippen LogP contribution in [0.25, 0.3) is 0 Å². The number of nitrogens with zero attached hydrogens (tertiary/aromatic N) is 1. The number of likely N-dealkylation sites (tertiary alicyclic amines) is 1. The molecule has 1 aromatic carbocycles. The molecular formula is C14H19ClN2O3S. The summed E-state index contributed by atoms with van der Waals surface area (Å²) in [7, 11) is -3.59. The van der Waals surface area contributed by atoms with Crippen molar-refractivity contribution in [1.82, 2.24) is 9.62 Å². The monoisotopic (exact) mass is 330 g/mol. The minimum atomic E-state index is -3.59. The van der Waals surface area contributed by atoms with E-state index >= 15 is 0 Å². The molecule has 1 aliphatic heterocycles. The average Bonchev–Trinajstić information content (AvgIpc) is 2.41. The summed E-state index contributed by atoms with van der Waals surface area (Å²) in [6.45, 7) is 4.38. The van der Waals surface area contributed by atoms with Gasteiger partial charge in [-0.25, -0.2) is 13.1 Å². The SMILES string of the molecule is CC(=O)N1CCC(NS(=O)(=O)c2cccc(Cl)c2C)CC1. The Balaban J connectivity index is 2.09. The van der Waals surface area contributed by atoms with E-state index in [1.807, 2.05) is 0 Å². The molecule has 21 heavy (non-hydrogen) atoms. The van der Waals surface area contributed by atoms with Gasteiger partial charge in [0, 0.05) is 31.1 Å². The van der Waals surface area contributed by atoms with Crippen molar-refractivity contribution < 1.29 is 13.2 Å². The minimum absolute atomic E-state index is 0.0296. The first-order chi connectivity index (χ1) is 9.81. The van der Waals surface area contributed by atoms with Gasteiger partial charge in [0.15, 0.2) is 0 Å². The van der Waals surface area contributed by atoms with Crippen molar-refractivity contribution in [2.45, 2.75) is 37.6 Å². The molecule has 0 unspecified atom stereocenters. The van der Waals surface area contributed by atoms with E-state index in [4.69, 9.17) is 11.6 Å². The van der Waals surface area contributed by atoms with E-state index in [0.717, 1.165) is 0 Å². The predicted octanol–water partition coefficient (Wildman–Crippen LogP) is 1.94. The molecule has 0 atom stereocenters. The van der Waals surface area contributed by atoms with Gasteiger partial charge in [-0.3, -0.25) is 4.79 Å². The zero-order valence-corrected chi connectivity index (χ0v) is 13.7. The molecule has 0 radical (unpaired) electrons. The molecule has 2 rings (SSSR count). The zero-order chi connectivity index (χ0) is 15.6. The number of carbonyl (C=O) groups is 1. The zero-order valence-electron chi connectivity index (χ0n) is 12.1. The predicted molar refractivity (Wildman–Crippen MR) is 81.8 cm³/mol. The first-order valence-electron chi connectivity index (χ1n) is 6.84. The third-order valence-electron chi connectivity index (χ3n) is 3.77. The molecule has 0 aliphatic carbocycles. The third-order valence-corrected chi connectivity index (χ3v) is 5.84. The van der Waals surface area contributed by atoms with Gasteiger partial charge in [0.2, 0.25) is 15.9 Å². The van der Waals surface area contributed by atoms with E-state index in [1.165, 1.54) is 6.92 Å². The maximum atomic E-state index is 12.4. The largest absolute Gasteiger partial charge is 0.343 e. The first kappa shape index (κ1) is 16.3. The maximum Gasteiger partial charge on any atom is 0.241 e. The Morgan fingerprint density at radius 2 is 1.95 bits per heavy atom. The summed E-state index contributed by atoms with van der Waals surface area (Å²) < 4.78 is 27.6. The summed E-state index contributed by atoms with van der Waals surface area (Å²) in [6, 6.07) is 4.70. The number of sulfonamides is 1. The van der Waals surface area contributed by atoms with Crippen LogP contribution >= 0.6 is 11.6 Å². The number of halogens is 1. The van der Waals surface area contributed by atoms with E-state index in [0.29, 0.717) is 36.5 Å². The Morgan fingerprint density at radius 3 is 2.52 bits per heavy atom. The molecule has 7 heteroatoms. The minimum Gasteiger partial charge on any atom is -0.343 e. The highest BCUT2D eigenvalue weighted by Crippen LogP contribution is 2.23. The number of carbonyl (C=O) groups excluding carboxylic acids is 1. The topological polar surface area (TPSA) is 66.5 Å². The number of piperidine rings is 1. The summed E-state index contributed by atoms with van der Waals surface area (Å²) in [4.78, 5) is 13.2. The highest BCUT2D eigenvalue weighted by atomic mass is 35.5. The number of benzene rings is 1. The van der Waals surface area contributed by atoms with Gasteiger partial charge in [0.1, 0.15) is 0 Å². The van der Waals surface area contributed by atoms with E-state index in [1.54, 1.807) is 30.0 Å². The number of hydrogen-bond donors (Lipinski definition) is 1. The summed E-state index contributed by atoms with van der Waals surface area (Å²) in [6.07, 6.45) is 1.25. The van der Waals surface area contributed by atoms with Crippen molar-refractivity contribution in [2.24, 2.45) is 0 Å². The van der Waals surface area contributed by atoms with Crippen LogP contribution in [0, 0.1) is 6.92 Å². The van der Waals surface area contributed by atoms with Gasteiger partial charge >= 0.3 is 0 Å². The second-order valence-electron chi connectivity index (χ2n) is 5.26. The van der Waals surface area contributed by atoms with Crippen LogP contribution in [0.4, 0.5) is 0 Å². The van der Waals surface area contributed by atoms with Crippen LogP contribution in [0.3, 0.4) is 0 Å². The average molecular weight is 331 g/mol. The van der Waals surface area contributed by atoms with E-state index in [-0.39, 0.29) is 16.8 Å². The van der Waals surface area contributed by atoms with Crippen molar-refractivity contribution in [3.8, 4) is 0 Å². The molecule has 1 saturated heterocycles. The smallest absolute Gasteiger partial charge is 0.241 e. The van der Waals surface area contributed by atoms with Crippen LogP contribution in [-0.4, -0.2) is 38.4 Å². The molecule has 0 aromatic heterocycles. The number of nitrogens with one attached hydrogen (secondary N) is 1. The van der Waals surface area contributed by atoms with Crippen molar-refractivity contribution in [3.63, 3.8) is 0 Å². The van der Waals surface area contributed by atoms with E-state index < -0.39 is 10.0 Å². The van der Waals surface area contributed by atoms with E-state index in [2.05, 4.69) is 4.72 Å². The van der Waals surface area contributed by atoms with Crippen molar-refractivity contribution in [1.29, 1.82) is 0 Å². The lowest BCUT2D eigenvalue weighted by Gasteiger charge is -2.31. The van der Waals surface area contributed by atoms with Crippen molar-refractivity contribution >= 4 is 27.5 Å². The lowest BCUT2D eigenvalue weighted by Crippen LogP contribution is -2.46. The molecule has 0 spiro atoms. The molecule has 1 aromatic rings. The molecule has 0 bridgehead atoms.